The SMILES string of the molecule is CCC(C)(C)NC(=O)C(C)NCc1ccc2c(c1)OCO2. The molecule has 0 radical (unpaired) electrons. The fraction of sp³-hybridized carbons (Fsp3) is 0.562. The quantitative estimate of drug-likeness (QED) is 0.844. The van der Waals surface area contributed by atoms with E-state index in [1.165, 1.54) is 0 Å². The van der Waals surface area contributed by atoms with Gasteiger partial charge in [-0.3, -0.25) is 4.79 Å². The zero-order chi connectivity index (χ0) is 15.5. The zero-order valence-corrected chi connectivity index (χ0v) is 13.2. The summed E-state index contributed by atoms with van der Waals surface area (Å²) >= 11 is 0. The Morgan fingerprint density at radius 3 is 2.76 bits per heavy atom. The molecule has 1 amide bonds. The molecule has 1 aromatic rings. The van der Waals surface area contributed by atoms with Gasteiger partial charge in [-0.25, -0.2) is 0 Å². The third-order valence-electron chi connectivity index (χ3n) is 3.79. The standard InChI is InChI=1S/C16H24N2O3/c1-5-16(3,4)18-15(19)11(2)17-9-12-6-7-13-14(8-12)21-10-20-13/h6-8,11,17H,5,9-10H2,1-4H3,(H,18,19). The van der Waals surface area contributed by atoms with E-state index < -0.39 is 0 Å². The largest absolute Gasteiger partial charge is 0.454 e. The van der Waals surface area contributed by atoms with Crippen LogP contribution in [0.4, 0.5) is 0 Å². The van der Waals surface area contributed by atoms with Crippen LogP contribution in [-0.4, -0.2) is 24.3 Å². The maximum atomic E-state index is 12.1. The molecule has 0 spiro atoms. The number of hydrogen-bond donors (Lipinski definition) is 2. The number of carbonyl (C=O) groups excluding carboxylic acids is 1. The maximum absolute atomic E-state index is 12.1. The summed E-state index contributed by atoms with van der Waals surface area (Å²) in [7, 11) is 0. The van der Waals surface area contributed by atoms with Crippen LogP contribution in [0, 0.1) is 0 Å². The molecule has 1 heterocycles. The van der Waals surface area contributed by atoms with Crippen molar-refractivity contribution in [1.82, 2.24) is 10.6 Å². The average Bonchev–Trinajstić information content (AvgIpc) is 2.91. The first kappa shape index (κ1) is 15.6. The lowest BCUT2D eigenvalue weighted by atomic mass is 10.0. The predicted molar refractivity (Wildman–Crippen MR) is 81.4 cm³/mol. The van der Waals surface area contributed by atoms with Crippen LogP contribution in [0.2, 0.25) is 0 Å². The van der Waals surface area contributed by atoms with E-state index in [9.17, 15) is 4.79 Å². The van der Waals surface area contributed by atoms with E-state index in [0.29, 0.717) is 6.54 Å². The van der Waals surface area contributed by atoms with Gasteiger partial charge >= 0.3 is 0 Å². The molecule has 1 unspecified atom stereocenters. The Bertz CT molecular complexity index is 514. The first-order valence-corrected chi connectivity index (χ1v) is 7.35. The Morgan fingerprint density at radius 1 is 1.33 bits per heavy atom. The summed E-state index contributed by atoms with van der Waals surface area (Å²) < 4.78 is 10.6. The van der Waals surface area contributed by atoms with E-state index in [0.717, 1.165) is 23.5 Å². The maximum Gasteiger partial charge on any atom is 0.237 e. The van der Waals surface area contributed by atoms with Crippen molar-refractivity contribution in [2.75, 3.05) is 6.79 Å². The fourth-order valence-electron chi connectivity index (χ4n) is 1.94. The number of carbonyl (C=O) groups is 1. The molecule has 1 aliphatic heterocycles. The second-order valence-corrected chi connectivity index (χ2v) is 6.02. The topological polar surface area (TPSA) is 59.6 Å². The van der Waals surface area contributed by atoms with Crippen LogP contribution in [0.5, 0.6) is 11.5 Å². The molecule has 21 heavy (non-hydrogen) atoms. The van der Waals surface area contributed by atoms with Gasteiger partial charge in [0.05, 0.1) is 6.04 Å². The van der Waals surface area contributed by atoms with Gasteiger partial charge in [0.15, 0.2) is 11.5 Å². The van der Waals surface area contributed by atoms with Gasteiger partial charge in [-0.1, -0.05) is 13.0 Å². The fourth-order valence-corrected chi connectivity index (χ4v) is 1.94. The Kier molecular flexibility index (Phi) is 4.73. The van der Waals surface area contributed by atoms with Crippen LogP contribution in [0.1, 0.15) is 39.7 Å². The highest BCUT2D eigenvalue weighted by atomic mass is 16.7. The molecular weight excluding hydrogens is 268 g/mol. The highest BCUT2D eigenvalue weighted by Crippen LogP contribution is 2.32. The van der Waals surface area contributed by atoms with Crippen LogP contribution < -0.4 is 20.1 Å². The molecule has 0 saturated heterocycles. The minimum atomic E-state index is -0.249. The number of nitrogens with one attached hydrogen (secondary N) is 2. The highest BCUT2D eigenvalue weighted by molar-refractivity contribution is 5.81. The van der Waals surface area contributed by atoms with Gasteiger partial charge in [0.25, 0.3) is 0 Å². The van der Waals surface area contributed by atoms with Crippen molar-refractivity contribution in [1.29, 1.82) is 0 Å². The summed E-state index contributed by atoms with van der Waals surface area (Å²) in [5.74, 6) is 1.55. The third-order valence-corrected chi connectivity index (χ3v) is 3.79. The second kappa shape index (κ2) is 6.35. The van der Waals surface area contributed by atoms with Gasteiger partial charge in [0.2, 0.25) is 12.7 Å². The van der Waals surface area contributed by atoms with Crippen molar-refractivity contribution < 1.29 is 14.3 Å². The van der Waals surface area contributed by atoms with Gasteiger partial charge in [0.1, 0.15) is 0 Å². The Hall–Kier alpha value is -1.75. The van der Waals surface area contributed by atoms with Crippen molar-refractivity contribution in [2.45, 2.75) is 52.2 Å². The molecule has 1 aliphatic rings. The summed E-state index contributed by atoms with van der Waals surface area (Å²) in [5.41, 5.74) is 0.889. The molecule has 5 nitrogen and oxygen atoms in total. The van der Waals surface area contributed by atoms with Gasteiger partial charge in [-0.2, -0.15) is 0 Å². The zero-order valence-electron chi connectivity index (χ0n) is 13.2. The van der Waals surface area contributed by atoms with Crippen LogP contribution in [0.25, 0.3) is 0 Å². The van der Waals surface area contributed by atoms with Crippen molar-refractivity contribution in [3.63, 3.8) is 0 Å². The van der Waals surface area contributed by atoms with Crippen LogP contribution in [0.15, 0.2) is 18.2 Å². The molecule has 2 rings (SSSR count). The molecular formula is C16H24N2O3. The van der Waals surface area contributed by atoms with E-state index in [2.05, 4.69) is 17.6 Å². The molecule has 0 aliphatic carbocycles. The first-order valence-electron chi connectivity index (χ1n) is 7.35. The van der Waals surface area contributed by atoms with E-state index in [1.807, 2.05) is 39.0 Å². The summed E-state index contributed by atoms with van der Waals surface area (Å²) in [6.45, 7) is 8.86. The van der Waals surface area contributed by atoms with Gasteiger partial charge < -0.3 is 20.1 Å². The first-order chi connectivity index (χ1) is 9.91. The number of amides is 1. The van der Waals surface area contributed by atoms with Crippen LogP contribution in [-0.2, 0) is 11.3 Å². The molecule has 116 valence electrons. The lowest BCUT2D eigenvalue weighted by molar-refractivity contribution is -0.124. The number of rotatable bonds is 6. The average molecular weight is 292 g/mol. The van der Waals surface area contributed by atoms with Crippen molar-refractivity contribution >= 4 is 5.91 Å². The van der Waals surface area contributed by atoms with E-state index >= 15 is 0 Å². The summed E-state index contributed by atoms with van der Waals surface area (Å²) in [5, 5.41) is 6.27. The summed E-state index contributed by atoms with van der Waals surface area (Å²) in [6, 6.07) is 5.56. The Morgan fingerprint density at radius 2 is 2.05 bits per heavy atom. The van der Waals surface area contributed by atoms with E-state index in [4.69, 9.17) is 9.47 Å². The lowest BCUT2D eigenvalue weighted by Crippen LogP contribution is -2.50. The Labute approximate surface area is 126 Å². The predicted octanol–water partition coefficient (Wildman–Crippen LogP) is 2.20. The Balaban J connectivity index is 1.86. The molecule has 2 N–H and O–H groups in total. The van der Waals surface area contributed by atoms with Gasteiger partial charge in [-0.05, 0) is 44.9 Å². The monoisotopic (exact) mass is 292 g/mol. The lowest BCUT2D eigenvalue weighted by Gasteiger charge is -2.26. The van der Waals surface area contributed by atoms with Gasteiger partial charge in [0, 0.05) is 12.1 Å². The number of ether oxygens (including phenoxy) is 2. The number of hydrogen-bond acceptors (Lipinski definition) is 4. The molecule has 1 aromatic carbocycles. The number of benzene rings is 1. The highest BCUT2D eigenvalue weighted by Gasteiger charge is 2.21. The normalized spacial score (nSPS) is 14.9. The van der Waals surface area contributed by atoms with Crippen molar-refractivity contribution in [3.05, 3.63) is 23.8 Å². The second-order valence-electron chi connectivity index (χ2n) is 6.02. The summed E-state index contributed by atoms with van der Waals surface area (Å²) in [4.78, 5) is 12.1. The molecule has 0 bridgehead atoms. The van der Waals surface area contributed by atoms with Crippen LogP contribution in [0.3, 0.4) is 0 Å². The molecule has 0 saturated carbocycles. The van der Waals surface area contributed by atoms with E-state index in [1.54, 1.807) is 0 Å². The van der Waals surface area contributed by atoms with Crippen LogP contribution >= 0.6 is 0 Å². The molecule has 1 atom stereocenters. The van der Waals surface area contributed by atoms with Crippen molar-refractivity contribution in [2.24, 2.45) is 0 Å². The molecule has 0 fully saturated rings. The van der Waals surface area contributed by atoms with Gasteiger partial charge in [-0.15, -0.1) is 0 Å². The minimum Gasteiger partial charge on any atom is -0.454 e. The molecule has 5 heteroatoms. The third kappa shape index (κ3) is 4.11. The molecule has 0 aromatic heterocycles. The smallest absolute Gasteiger partial charge is 0.237 e. The number of fused-ring (bicyclic) bond motifs is 1. The van der Waals surface area contributed by atoms with E-state index in [-0.39, 0.29) is 24.3 Å². The minimum absolute atomic E-state index is 0.0163. The summed E-state index contributed by atoms with van der Waals surface area (Å²) in [6.07, 6.45) is 0.896. The van der Waals surface area contributed by atoms with Crippen molar-refractivity contribution in [3.8, 4) is 11.5 Å².